The smallest absolute Gasteiger partial charge is 0.159 e. The number of benzene rings is 1. The third kappa shape index (κ3) is 4.06. The molecule has 0 saturated heterocycles. The minimum absolute atomic E-state index is 0.0480. The standard InChI is InChI=1S/C13H19F2NO/c1-3-13(17-4-2)12(16)8-9-5-6-10(14)11(15)7-9/h5-7,12-13H,3-4,8,16H2,1-2H3. The van der Waals surface area contributed by atoms with Crippen molar-refractivity contribution < 1.29 is 13.5 Å². The van der Waals surface area contributed by atoms with Crippen molar-refractivity contribution in [1.29, 1.82) is 0 Å². The summed E-state index contributed by atoms with van der Waals surface area (Å²) in [5.41, 5.74) is 6.68. The summed E-state index contributed by atoms with van der Waals surface area (Å²) >= 11 is 0. The number of nitrogens with two attached hydrogens (primary N) is 1. The highest BCUT2D eigenvalue weighted by molar-refractivity contribution is 5.19. The number of rotatable bonds is 6. The molecule has 0 aliphatic carbocycles. The van der Waals surface area contributed by atoms with Crippen LogP contribution in [0.2, 0.25) is 0 Å². The summed E-state index contributed by atoms with van der Waals surface area (Å²) in [6, 6.07) is 3.66. The van der Waals surface area contributed by atoms with Gasteiger partial charge in [-0.1, -0.05) is 13.0 Å². The lowest BCUT2D eigenvalue weighted by Crippen LogP contribution is -2.38. The number of ether oxygens (including phenoxy) is 1. The lowest BCUT2D eigenvalue weighted by atomic mass is 10.0. The highest BCUT2D eigenvalue weighted by atomic mass is 19.2. The van der Waals surface area contributed by atoms with E-state index >= 15 is 0 Å². The SMILES string of the molecule is CCOC(CC)C(N)Cc1ccc(F)c(F)c1. The Bertz CT molecular complexity index is 357. The zero-order valence-electron chi connectivity index (χ0n) is 10.2. The third-order valence-electron chi connectivity index (χ3n) is 2.72. The van der Waals surface area contributed by atoms with Crippen molar-refractivity contribution in [2.45, 2.75) is 38.8 Å². The predicted molar refractivity (Wildman–Crippen MR) is 63.7 cm³/mol. The van der Waals surface area contributed by atoms with Crippen LogP contribution in [-0.2, 0) is 11.2 Å². The maximum atomic E-state index is 13.0. The number of halogens is 2. The summed E-state index contributed by atoms with van der Waals surface area (Å²) in [7, 11) is 0. The van der Waals surface area contributed by atoms with E-state index in [0.717, 1.165) is 12.5 Å². The van der Waals surface area contributed by atoms with Crippen LogP contribution in [0.4, 0.5) is 8.78 Å². The highest BCUT2D eigenvalue weighted by Crippen LogP contribution is 2.13. The molecule has 2 atom stereocenters. The lowest BCUT2D eigenvalue weighted by molar-refractivity contribution is 0.0417. The van der Waals surface area contributed by atoms with Crippen LogP contribution in [0.3, 0.4) is 0 Å². The van der Waals surface area contributed by atoms with Gasteiger partial charge >= 0.3 is 0 Å². The molecule has 0 aromatic heterocycles. The van der Waals surface area contributed by atoms with E-state index in [-0.39, 0.29) is 12.1 Å². The van der Waals surface area contributed by atoms with Gasteiger partial charge in [0.2, 0.25) is 0 Å². The van der Waals surface area contributed by atoms with Crippen LogP contribution in [0.1, 0.15) is 25.8 Å². The van der Waals surface area contributed by atoms with Gasteiger partial charge in [-0.3, -0.25) is 0 Å². The molecular weight excluding hydrogens is 224 g/mol. The fourth-order valence-corrected chi connectivity index (χ4v) is 1.83. The summed E-state index contributed by atoms with van der Waals surface area (Å²) in [6.45, 7) is 4.50. The first-order valence-electron chi connectivity index (χ1n) is 5.89. The Labute approximate surface area is 101 Å². The number of hydrogen-bond donors (Lipinski definition) is 1. The zero-order valence-corrected chi connectivity index (χ0v) is 10.2. The second-order valence-electron chi connectivity index (χ2n) is 4.02. The molecule has 0 heterocycles. The molecule has 1 rings (SSSR count). The fraction of sp³-hybridized carbons (Fsp3) is 0.538. The molecule has 0 spiro atoms. The van der Waals surface area contributed by atoms with Gasteiger partial charge in [0.15, 0.2) is 11.6 Å². The van der Waals surface area contributed by atoms with E-state index in [2.05, 4.69) is 0 Å². The molecule has 2 nitrogen and oxygen atoms in total. The van der Waals surface area contributed by atoms with E-state index in [1.165, 1.54) is 6.07 Å². The Morgan fingerprint density at radius 1 is 1.24 bits per heavy atom. The number of hydrogen-bond acceptors (Lipinski definition) is 2. The molecule has 2 unspecified atom stereocenters. The van der Waals surface area contributed by atoms with Gasteiger partial charge in [-0.2, -0.15) is 0 Å². The van der Waals surface area contributed by atoms with Crippen molar-refractivity contribution in [3.63, 3.8) is 0 Å². The van der Waals surface area contributed by atoms with Crippen molar-refractivity contribution >= 4 is 0 Å². The second kappa shape index (κ2) is 6.67. The van der Waals surface area contributed by atoms with Crippen LogP contribution in [0.15, 0.2) is 18.2 Å². The molecule has 2 N–H and O–H groups in total. The highest BCUT2D eigenvalue weighted by Gasteiger charge is 2.17. The van der Waals surface area contributed by atoms with Gasteiger partial charge in [-0.05, 0) is 37.5 Å². The average molecular weight is 243 g/mol. The van der Waals surface area contributed by atoms with Crippen LogP contribution < -0.4 is 5.73 Å². The largest absolute Gasteiger partial charge is 0.377 e. The maximum Gasteiger partial charge on any atom is 0.159 e. The molecule has 0 bridgehead atoms. The van der Waals surface area contributed by atoms with E-state index in [0.29, 0.717) is 18.6 Å². The van der Waals surface area contributed by atoms with E-state index < -0.39 is 11.6 Å². The molecule has 0 aliphatic heterocycles. The molecule has 17 heavy (non-hydrogen) atoms. The molecule has 0 fully saturated rings. The first-order chi connectivity index (χ1) is 8.08. The van der Waals surface area contributed by atoms with Gasteiger partial charge in [0.05, 0.1) is 6.10 Å². The second-order valence-corrected chi connectivity index (χ2v) is 4.02. The molecule has 96 valence electrons. The molecule has 0 amide bonds. The van der Waals surface area contributed by atoms with Crippen molar-refractivity contribution in [3.05, 3.63) is 35.4 Å². The van der Waals surface area contributed by atoms with Crippen molar-refractivity contribution in [2.75, 3.05) is 6.61 Å². The zero-order chi connectivity index (χ0) is 12.8. The molecule has 4 heteroatoms. The van der Waals surface area contributed by atoms with E-state index in [4.69, 9.17) is 10.5 Å². The topological polar surface area (TPSA) is 35.2 Å². The van der Waals surface area contributed by atoms with Gasteiger partial charge in [-0.15, -0.1) is 0 Å². The van der Waals surface area contributed by atoms with Gasteiger partial charge < -0.3 is 10.5 Å². The van der Waals surface area contributed by atoms with Crippen molar-refractivity contribution in [1.82, 2.24) is 0 Å². The fourth-order valence-electron chi connectivity index (χ4n) is 1.83. The van der Waals surface area contributed by atoms with Crippen LogP contribution in [0, 0.1) is 11.6 Å². The molecule has 1 aromatic carbocycles. The molecule has 0 radical (unpaired) electrons. The third-order valence-corrected chi connectivity index (χ3v) is 2.72. The Morgan fingerprint density at radius 2 is 1.94 bits per heavy atom. The predicted octanol–water partition coefficient (Wildman–Crippen LogP) is 2.65. The Kier molecular flexibility index (Phi) is 5.51. The minimum Gasteiger partial charge on any atom is -0.377 e. The first kappa shape index (κ1) is 14.1. The van der Waals surface area contributed by atoms with E-state index in [1.807, 2.05) is 13.8 Å². The summed E-state index contributed by atoms with van der Waals surface area (Å²) in [5.74, 6) is -1.67. The Morgan fingerprint density at radius 3 is 2.47 bits per heavy atom. The normalized spacial score (nSPS) is 14.6. The van der Waals surface area contributed by atoms with Crippen molar-refractivity contribution in [3.8, 4) is 0 Å². The minimum atomic E-state index is -0.834. The van der Waals surface area contributed by atoms with Crippen LogP contribution in [0.5, 0.6) is 0 Å². The first-order valence-corrected chi connectivity index (χ1v) is 5.89. The van der Waals surface area contributed by atoms with Crippen LogP contribution in [0.25, 0.3) is 0 Å². The van der Waals surface area contributed by atoms with E-state index in [1.54, 1.807) is 6.07 Å². The van der Waals surface area contributed by atoms with Crippen molar-refractivity contribution in [2.24, 2.45) is 5.73 Å². The van der Waals surface area contributed by atoms with Gasteiger partial charge in [0, 0.05) is 12.6 Å². The average Bonchev–Trinajstić information content (AvgIpc) is 2.30. The Hall–Kier alpha value is -1.00. The molecule has 0 saturated carbocycles. The van der Waals surface area contributed by atoms with Gasteiger partial charge in [-0.25, -0.2) is 8.78 Å². The lowest BCUT2D eigenvalue weighted by Gasteiger charge is -2.22. The van der Waals surface area contributed by atoms with Gasteiger partial charge in [0.1, 0.15) is 0 Å². The van der Waals surface area contributed by atoms with Gasteiger partial charge in [0.25, 0.3) is 0 Å². The quantitative estimate of drug-likeness (QED) is 0.833. The van der Waals surface area contributed by atoms with Crippen LogP contribution in [-0.4, -0.2) is 18.8 Å². The molecular formula is C13H19F2NO. The molecule has 0 aliphatic rings. The summed E-state index contributed by atoms with van der Waals surface area (Å²) in [5, 5.41) is 0. The summed E-state index contributed by atoms with van der Waals surface area (Å²) in [6.07, 6.45) is 1.24. The molecule has 1 aromatic rings. The monoisotopic (exact) mass is 243 g/mol. The Balaban J connectivity index is 2.66. The van der Waals surface area contributed by atoms with Crippen LogP contribution >= 0.6 is 0 Å². The van der Waals surface area contributed by atoms with E-state index in [9.17, 15) is 8.78 Å². The summed E-state index contributed by atoms with van der Waals surface area (Å²) in [4.78, 5) is 0. The maximum absolute atomic E-state index is 13.0. The summed E-state index contributed by atoms with van der Waals surface area (Å²) < 4.78 is 31.3.